The number of rotatable bonds is 33. The average Bonchev–Trinajstić information content (AvgIpc) is 1.58. The molecule has 740 valence electrons. The van der Waals surface area contributed by atoms with Crippen LogP contribution in [0, 0.1) is 33.3 Å². The van der Waals surface area contributed by atoms with Gasteiger partial charge in [-0.05, 0) is 162 Å². The fourth-order valence-corrected chi connectivity index (χ4v) is 17.0. The van der Waals surface area contributed by atoms with Crippen LogP contribution in [0.25, 0.3) is 76.4 Å². The monoisotopic (exact) mass is 2060 g/mol. The topological polar surface area (TPSA) is 377 Å². The Bertz CT molecular complexity index is 6500. The summed E-state index contributed by atoms with van der Waals surface area (Å²) in [5.74, 6) is 1.03. The zero-order chi connectivity index (χ0) is 101. The van der Waals surface area contributed by atoms with Crippen molar-refractivity contribution in [2.24, 2.45) is 64.8 Å². The van der Waals surface area contributed by atoms with Gasteiger partial charge >= 0.3 is 54.6 Å². The maximum atomic E-state index is 13.3. The summed E-state index contributed by atoms with van der Waals surface area (Å²) >= 11 is 7.54. The number of carbonyl (C=O) groups excluding carboxylic acids is 3. The summed E-state index contributed by atoms with van der Waals surface area (Å²) in [7, 11) is 8.76. The predicted molar refractivity (Wildman–Crippen MR) is 557 cm³/mol. The summed E-state index contributed by atoms with van der Waals surface area (Å²) in [4.78, 5) is 103. The van der Waals surface area contributed by atoms with Gasteiger partial charge in [-0.2, -0.15) is 25.5 Å². The summed E-state index contributed by atoms with van der Waals surface area (Å²) in [6.45, 7) is 43.7. The Kier molecular flexibility index (Phi) is 46.5. The maximum Gasteiger partial charge on any atom is 1.00 e. The molecule has 137 heavy (non-hydrogen) atoms. The van der Waals surface area contributed by atoms with E-state index < -0.39 is 41.2 Å². The average molecular weight is 2070 g/mol. The third kappa shape index (κ3) is 33.6. The number of benzene rings is 3. The molecule has 0 atom stereocenters. The van der Waals surface area contributed by atoms with Crippen LogP contribution in [0.2, 0.25) is 51.4 Å². The summed E-state index contributed by atoms with van der Waals surface area (Å²) in [6.07, 6.45) is 19.3. The summed E-state index contributed by atoms with van der Waals surface area (Å²) in [5, 5.41) is 47.6. The van der Waals surface area contributed by atoms with Crippen LogP contribution in [0.3, 0.4) is 0 Å². The summed E-state index contributed by atoms with van der Waals surface area (Å²) in [5.41, 5.74) is 8.63. The normalized spacial score (nSPS) is 11.4. The minimum atomic E-state index is -1.57. The molecular weight excluding hydrogens is 1920 g/mol. The van der Waals surface area contributed by atoms with Gasteiger partial charge in [-0.1, -0.05) is 170 Å². The number of aromatic amines is 2. The van der Waals surface area contributed by atoms with Gasteiger partial charge in [0, 0.05) is 148 Å². The predicted octanol–water partition coefficient (Wildman–Crippen LogP) is 13.1. The number of carbonyl (C=O) groups is 3. The van der Waals surface area contributed by atoms with Crippen LogP contribution in [0.4, 0.5) is 0 Å². The van der Waals surface area contributed by atoms with Crippen LogP contribution < -0.4 is 62.8 Å². The van der Waals surface area contributed by atoms with E-state index >= 15 is 0 Å². The first-order valence-electron chi connectivity index (χ1n) is 46.0. The number of methoxy groups -OCH3 is 3. The van der Waals surface area contributed by atoms with E-state index in [2.05, 4.69) is 185 Å². The molecule has 0 aliphatic rings. The molecule has 0 saturated carbocycles. The van der Waals surface area contributed by atoms with Gasteiger partial charge in [0.15, 0.2) is 0 Å². The molecule has 0 aliphatic carbocycles. The van der Waals surface area contributed by atoms with E-state index in [-0.39, 0.29) is 64.2 Å². The van der Waals surface area contributed by atoms with Gasteiger partial charge in [0.25, 0.3) is 27.8 Å². The molecule has 0 fully saturated rings. The molecule has 3 aromatic carbocycles. The molecule has 0 saturated heterocycles. The van der Waals surface area contributed by atoms with Gasteiger partial charge in [0.2, 0.25) is 0 Å². The molecule has 0 bridgehead atoms. The van der Waals surface area contributed by atoms with Crippen LogP contribution in [-0.2, 0) is 121 Å². The minimum absolute atomic E-state index is 0. The maximum absolute atomic E-state index is 13.3. The van der Waals surface area contributed by atoms with Crippen molar-refractivity contribution in [3.8, 4) is 22.5 Å². The first kappa shape index (κ1) is 116. The van der Waals surface area contributed by atoms with E-state index in [0.29, 0.717) is 95.6 Å². The first-order valence-corrected chi connectivity index (χ1v) is 55.0. The molecule has 13 aromatic rings. The minimum Gasteiger partial charge on any atom is -1.00 e. The Labute approximate surface area is 846 Å². The van der Waals surface area contributed by atoms with Crippen molar-refractivity contribution in [3.63, 3.8) is 0 Å². The Hall–Kier alpha value is -9.55. The number of esters is 3. The van der Waals surface area contributed by atoms with Crippen molar-refractivity contribution in [2.75, 3.05) is 53.8 Å². The second kappa shape index (κ2) is 54.9. The SMILES string of the molecule is CC(C)Cc1nn(C)c(=O)c2c[nH]cc12.CCCOCn1cc2c(CC(C)C)nn(C)c(=O)c2c1.CCCOCn1cc2c(CC(C)C)nn(C)c(=O)c2c1I.COC(=O)c1cccc(-c2[nH]cc3c(CC(C)C)nn(C)c(=O)c23)c1.COC(=O)c1cccc(-c2c3c(=O)n(C)nc(CC(C)C)c3cn2COCC[Si](C)(C)C)c1.COC(=O)c1cccc(B(O)O)c1.C[Si](C)(C)CCOCCl.[H-].[Na+]. The third-order valence-electron chi connectivity index (χ3n) is 21.3. The van der Waals surface area contributed by atoms with E-state index in [0.717, 1.165) is 163 Å². The molecule has 10 heterocycles. The van der Waals surface area contributed by atoms with Crippen LogP contribution in [0.15, 0.2) is 140 Å². The zero-order valence-electron chi connectivity index (χ0n) is 86.0. The van der Waals surface area contributed by atoms with E-state index in [1.165, 1.54) is 69.0 Å². The van der Waals surface area contributed by atoms with Crippen molar-refractivity contribution < 1.29 is 88.6 Å². The van der Waals surface area contributed by atoms with E-state index in [1.807, 2.05) is 63.0 Å². The van der Waals surface area contributed by atoms with Crippen molar-refractivity contribution in [2.45, 2.75) is 200 Å². The zero-order valence-corrected chi connectivity index (χ0v) is 92.0. The van der Waals surface area contributed by atoms with Crippen LogP contribution >= 0.6 is 34.2 Å². The molecule has 0 radical (unpaired) electrons. The molecule has 0 spiro atoms. The second-order valence-electron chi connectivity index (χ2n) is 38.0. The van der Waals surface area contributed by atoms with Crippen molar-refractivity contribution in [1.29, 1.82) is 0 Å². The van der Waals surface area contributed by atoms with Crippen LogP contribution in [0.1, 0.15) is 157 Å². The summed E-state index contributed by atoms with van der Waals surface area (Å²) < 4.78 is 50.2. The molecular formula is C99H141BClIN15NaO17Si2. The molecule has 0 aliphatic heterocycles. The van der Waals surface area contributed by atoms with Gasteiger partial charge in [-0.3, -0.25) is 24.0 Å². The smallest absolute Gasteiger partial charge is 1.00 e. The number of nitrogens with one attached hydrogen (secondary N) is 2. The van der Waals surface area contributed by atoms with Crippen LogP contribution in [-0.4, -0.2) is 178 Å². The van der Waals surface area contributed by atoms with Gasteiger partial charge in [0.1, 0.15) is 26.3 Å². The quantitative estimate of drug-likeness (QED) is 0.00741. The number of ether oxygens (including phenoxy) is 7. The van der Waals surface area contributed by atoms with Crippen molar-refractivity contribution in [3.05, 3.63) is 217 Å². The number of hydrogen-bond acceptors (Lipinski definition) is 22. The van der Waals surface area contributed by atoms with Gasteiger partial charge in [-0.25, -0.2) is 37.8 Å². The molecule has 0 amide bonds. The Morgan fingerprint density at radius 3 is 1.28 bits per heavy atom. The standard InChI is InChI=1S/C25H35N3O4Si.C19H21N3O3.C15H22IN3O2.C15H23N3O2.C11H15N3O.C8H9BO4.C6H15ClOSi.Na.H/c1-17(2)13-21-20-15-28(16-32-11-12-33(5,6)7)23(22(20)24(29)27(3)26-21)18-9-8-10-19(14-18)25(30)31-4;1-11(2)8-15-14-10-20-17(16(14)18(23)22(3)21-15)12-6-5-7-13(9-12)19(24)25-4;1-5-6-21-9-19-8-11-12(7-10(2)3)17-18(4)15(20)13(11)14(19)16;1-5-6-20-10-18-8-12-13(9-18)15(19)17(4)16-14(12)7-11(2)3;1-7(2)4-10-8-5-12-6-9(8)11(15)14(3)13-10;1-13-8(10)6-3-2-4-7(5-6)9(11)12;1-9(2,3)5-4-8-6-7;;/h8-10,14-15,17H,11-13,16H2,1-7H3;5-7,9-11,20H,8H2,1-4H3;8,10H,5-7,9H2,1-4H3;8-9,11H,5-7,10H2,1-4H3;5-7,12H,4H2,1-3H3;2-5,11-12H,1H3;4-6H2,1-3H3;;/q;;;;;;;+1;-1. The molecule has 10 aromatic heterocycles. The number of alkyl halides is 1. The summed E-state index contributed by atoms with van der Waals surface area (Å²) in [6, 6.07) is 22.8. The van der Waals surface area contributed by atoms with Gasteiger partial charge in [-0.15, -0.1) is 0 Å². The second-order valence-corrected chi connectivity index (χ2v) is 50.5. The number of aryl methyl sites for hydroxylation is 5. The largest absolute Gasteiger partial charge is 1.00 e. The Morgan fingerprint density at radius 1 is 0.445 bits per heavy atom. The molecule has 38 heteroatoms. The molecule has 4 N–H and O–H groups in total. The van der Waals surface area contributed by atoms with E-state index in [4.69, 9.17) is 50.1 Å². The molecule has 0 unspecified atom stereocenters. The van der Waals surface area contributed by atoms with Gasteiger partial charge < -0.3 is 68.3 Å². The van der Waals surface area contributed by atoms with Gasteiger partial charge in [0.05, 0.1) is 109 Å². The number of fused-ring (bicyclic) bond motifs is 5. The number of H-pyrrole nitrogens is 2. The fourth-order valence-electron chi connectivity index (χ4n) is 14.6. The molecule has 13 rings (SSSR count). The third-order valence-corrected chi connectivity index (χ3v) is 26.0. The first-order chi connectivity index (χ1) is 64.2. The van der Waals surface area contributed by atoms with E-state index in [1.54, 1.807) is 83.9 Å². The Balaban J connectivity index is 0.000000292. The van der Waals surface area contributed by atoms with Crippen molar-refractivity contribution in [1.82, 2.24) is 72.6 Å². The fraction of sp³-hybridized carbons (Fsp3) is 0.485. The molecule has 32 nitrogen and oxygen atoms in total. The number of halogens is 2. The Morgan fingerprint density at radius 2 is 0.818 bits per heavy atom. The number of aromatic nitrogens is 15. The number of nitrogens with zero attached hydrogens (tertiary/aromatic N) is 13. The number of hydrogen-bond donors (Lipinski definition) is 4. The van der Waals surface area contributed by atoms with Crippen molar-refractivity contribution >= 4 is 135 Å². The van der Waals surface area contributed by atoms with E-state index in [9.17, 15) is 38.4 Å². The van der Waals surface area contributed by atoms with Crippen LogP contribution in [0.5, 0.6) is 0 Å².